The van der Waals surface area contributed by atoms with Crippen molar-refractivity contribution in [3.05, 3.63) is 58.1 Å². The van der Waals surface area contributed by atoms with Gasteiger partial charge in [0.25, 0.3) is 5.91 Å². The number of hydrogen-bond donors (Lipinski definition) is 0. The predicted molar refractivity (Wildman–Crippen MR) is 113 cm³/mol. The summed E-state index contributed by atoms with van der Waals surface area (Å²) < 4.78 is 32.4. The van der Waals surface area contributed by atoms with E-state index >= 15 is 0 Å². The minimum Gasteiger partial charge on any atom is -0.497 e. The van der Waals surface area contributed by atoms with E-state index in [0.717, 1.165) is 17.7 Å². The Morgan fingerprint density at radius 2 is 1.86 bits per heavy atom. The Kier molecular flexibility index (Phi) is 6.51. The third-order valence-corrected chi connectivity index (χ3v) is 7.75. The van der Waals surface area contributed by atoms with Crippen molar-refractivity contribution >= 4 is 27.5 Å². The summed E-state index contributed by atoms with van der Waals surface area (Å²) in [4.78, 5) is 14.8. The Balaban J connectivity index is 1.90. The summed E-state index contributed by atoms with van der Waals surface area (Å²) in [6, 6.07) is 10.3. The van der Waals surface area contributed by atoms with Crippen LogP contribution in [0.5, 0.6) is 5.75 Å². The van der Waals surface area contributed by atoms with Crippen molar-refractivity contribution in [1.82, 2.24) is 9.21 Å². The molecule has 0 atom stereocenters. The van der Waals surface area contributed by atoms with Crippen LogP contribution >= 0.6 is 11.6 Å². The molecule has 8 heteroatoms. The zero-order valence-electron chi connectivity index (χ0n) is 16.8. The van der Waals surface area contributed by atoms with Gasteiger partial charge in [0.2, 0.25) is 10.0 Å². The van der Waals surface area contributed by atoms with Gasteiger partial charge in [-0.2, -0.15) is 4.31 Å². The third kappa shape index (κ3) is 4.27. The molecule has 0 saturated carbocycles. The van der Waals surface area contributed by atoms with E-state index in [4.69, 9.17) is 16.3 Å². The lowest BCUT2D eigenvalue weighted by Gasteiger charge is -2.29. The Morgan fingerprint density at radius 1 is 1.14 bits per heavy atom. The molecule has 1 heterocycles. The van der Waals surface area contributed by atoms with Crippen LogP contribution in [0.15, 0.2) is 41.3 Å². The quantitative estimate of drug-likeness (QED) is 0.694. The second kappa shape index (κ2) is 8.73. The monoisotopic (exact) mass is 436 g/mol. The summed E-state index contributed by atoms with van der Waals surface area (Å²) in [7, 11) is -2.15. The molecule has 29 heavy (non-hydrogen) atoms. The zero-order chi connectivity index (χ0) is 21.2. The highest BCUT2D eigenvalue weighted by Gasteiger charge is 2.27. The number of nitrogens with zero attached hydrogens (tertiary/aromatic N) is 2. The largest absolute Gasteiger partial charge is 0.497 e. The second-order valence-corrected chi connectivity index (χ2v) is 9.16. The summed E-state index contributed by atoms with van der Waals surface area (Å²) >= 11 is 6.18. The standard InChI is InChI=1S/C21H25ClN2O4S/c1-4-24(5-2)29(26,27)20-13-16(7-9-19(20)22)21(25)23-11-10-15-6-8-18(28-3)12-17(15)14-23/h6-9,12-13H,4-5,10-11,14H2,1-3H3. The summed E-state index contributed by atoms with van der Waals surface area (Å²) in [6.45, 7) is 5.22. The smallest absolute Gasteiger partial charge is 0.254 e. The average molecular weight is 437 g/mol. The van der Waals surface area contributed by atoms with Crippen LogP contribution in [-0.4, -0.2) is 50.3 Å². The summed E-state index contributed by atoms with van der Waals surface area (Å²) in [5.74, 6) is 0.531. The van der Waals surface area contributed by atoms with Crippen LogP contribution in [0.2, 0.25) is 5.02 Å². The Bertz CT molecular complexity index is 1020. The fraction of sp³-hybridized carbons (Fsp3) is 0.381. The fourth-order valence-corrected chi connectivity index (χ4v) is 5.51. The van der Waals surface area contributed by atoms with E-state index in [9.17, 15) is 13.2 Å². The molecule has 3 rings (SSSR count). The van der Waals surface area contributed by atoms with Gasteiger partial charge in [-0.15, -0.1) is 0 Å². The maximum absolute atomic E-state index is 13.1. The number of methoxy groups -OCH3 is 1. The highest BCUT2D eigenvalue weighted by Crippen LogP contribution is 2.28. The minimum absolute atomic E-state index is 0.0344. The number of halogens is 1. The Labute approximate surface area is 177 Å². The molecule has 0 aromatic heterocycles. The van der Waals surface area contributed by atoms with Gasteiger partial charge in [-0.3, -0.25) is 4.79 Å². The number of hydrogen-bond acceptors (Lipinski definition) is 4. The van der Waals surface area contributed by atoms with Crippen LogP contribution in [0.4, 0.5) is 0 Å². The van der Waals surface area contributed by atoms with Crippen LogP contribution in [0, 0.1) is 0 Å². The molecule has 0 fully saturated rings. The van der Waals surface area contributed by atoms with Gasteiger partial charge >= 0.3 is 0 Å². The van der Waals surface area contributed by atoms with Gasteiger partial charge in [0.1, 0.15) is 10.6 Å². The van der Waals surface area contributed by atoms with Crippen molar-refractivity contribution in [3.8, 4) is 5.75 Å². The van der Waals surface area contributed by atoms with Gasteiger partial charge in [0, 0.05) is 31.7 Å². The summed E-state index contributed by atoms with van der Waals surface area (Å²) in [5.41, 5.74) is 2.54. The molecule has 0 radical (unpaired) electrons. The zero-order valence-corrected chi connectivity index (χ0v) is 18.4. The average Bonchev–Trinajstić information content (AvgIpc) is 2.73. The second-order valence-electron chi connectivity index (χ2n) is 6.85. The van der Waals surface area contributed by atoms with Crippen molar-refractivity contribution < 1.29 is 17.9 Å². The minimum atomic E-state index is -3.76. The van der Waals surface area contributed by atoms with E-state index < -0.39 is 10.0 Å². The maximum atomic E-state index is 13.1. The number of rotatable bonds is 6. The van der Waals surface area contributed by atoms with E-state index in [1.807, 2.05) is 18.2 Å². The highest BCUT2D eigenvalue weighted by atomic mass is 35.5. The predicted octanol–water partition coefficient (Wildman–Crippen LogP) is 3.58. The van der Waals surface area contributed by atoms with Crippen molar-refractivity contribution in [2.45, 2.75) is 31.7 Å². The summed E-state index contributed by atoms with van der Waals surface area (Å²) in [6.07, 6.45) is 0.739. The number of ether oxygens (including phenoxy) is 1. The van der Waals surface area contributed by atoms with Crippen LogP contribution in [-0.2, 0) is 23.0 Å². The SMILES string of the molecule is CCN(CC)S(=O)(=O)c1cc(C(=O)N2CCc3ccc(OC)cc3C2)ccc1Cl. The van der Waals surface area contributed by atoms with Gasteiger partial charge in [-0.1, -0.05) is 31.5 Å². The first-order chi connectivity index (χ1) is 13.8. The number of carbonyl (C=O) groups excluding carboxylic acids is 1. The molecule has 1 amide bonds. The van der Waals surface area contributed by atoms with E-state index in [1.54, 1.807) is 31.9 Å². The number of sulfonamides is 1. The molecule has 0 unspecified atom stereocenters. The normalized spacial score (nSPS) is 14.0. The molecular weight excluding hydrogens is 412 g/mol. The van der Waals surface area contributed by atoms with Gasteiger partial charge < -0.3 is 9.64 Å². The first kappa shape index (κ1) is 21.6. The number of carbonyl (C=O) groups is 1. The van der Waals surface area contributed by atoms with Crippen molar-refractivity contribution in [2.75, 3.05) is 26.7 Å². The molecule has 0 saturated heterocycles. The lowest BCUT2D eigenvalue weighted by Crippen LogP contribution is -2.36. The van der Waals surface area contributed by atoms with E-state index in [1.165, 1.54) is 22.0 Å². The van der Waals surface area contributed by atoms with E-state index in [-0.39, 0.29) is 15.8 Å². The first-order valence-corrected chi connectivity index (χ1v) is 11.4. The van der Waals surface area contributed by atoms with Crippen LogP contribution in [0.25, 0.3) is 0 Å². The number of amides is 1. The lowest BCUT2D eigenvalue weighted by molar-refractivity contribution is 0.0734. The van der Waals surface area contributed by atoms with E-state index in [0.29, 0.717) is 31.7 Å². The lowest BCUT2D eigenvalue weighted by atomic mass is 9.99. The molecule has 2 aromatic carbocycles. The Hall–Kier alpha value is -2.09. The molecule has 1 aliphatic heterocycles. The highest BCUT2D eigenvalue weighted by molar-refractivity contribution is 7.89. The van der Waals surface area contributed by atoms with Gasteiger partial charge in [0.15, 0.2) is 0 Å². The number of benzene rings is 2. The van der Waals surface area contributed by atoms with Gasteiger partial charge in [0.05, 0.1) is 12.1 Å². The molecule has 156 valence electrons. The van der Waals surface area contributed by atoms with Crippen molar-refractivity contribution in [2.24, 2.45) is 0 Å². The molecule has 0 N–H and O–H groups in total. The topological polar surface area (TPSA) is 66.9 Å². The molecule has 6 nitrogen and oxygen atoms in total. The summed E-state index contributed by atoms with van der Waals surface area (Å²) in [5, 5.41) is 0.113. The molecule has 1 aliphatic rings. The van der Waals surface area contributed by atoms with Crippen molar-refractivity contribution in [3.63, 3.8) is 0 Å². The van der Waals surface area contributed by atoms with Crippen LogP contribution < -0.4 is 4.74 Å². The first-order valence-electron chi connectivity index (χ1n) is 9.56. The van der Waals surface area contributed by atoms with Gasteiger partial charge in [-0.05, 0) is 47.9 Å². The van der Waals surface area contributed by atoms with Crippen molar-refractivity contribution in [1.29, 1.82) is 0 Å². The molecular formula is C21H25ClN2O4S. The molecule has 0 aliphatic carbocycles. The molecule has 0 bridgehead atoms. The maximum Gasteiger partial charge on any atom is 0.254 e. The van der Waals surface area contributed by atoms with Gasteiger partial charge in [-0.25, -0.2) is 8.42 Å². The molecule has 0 spiro atoms. The number of fused-ring (bicyclic) bond motifs is 1. The fourth-order valence-electron chi connectivity index (χ4n) is 3.55. The molecule has 2 aromatic rings. The van der Waals surface area contributed by atoms with E-state index in [2.05, 4.69) is 0 Å². The third-order valence-electron chi connectivity index (χ3n) is 5.21. The van der Waals surface area contributed by atoms with Crippen LogP contribution in [0.1, 0.15) is 35.3 Å². The van der Waals surface area contributed by atoms with Crippen LogP contribution in [0.3, 0.4) is 0 Å². The Morgan fingerprint density at radius 3 is 2.52 bits per heavy atom.